The molecule has 1 aromatic carbocycles. The number of hydrogen-bond acceptors (Lipinski definition) is 0. The Bertz CT molecular complexity index is 181. The van der Waals surface area contributed by atoms with Crippen LogP contribution in [0.1, 0.15) is 24.8 Å². The summed E-state index contributed by atoms with van der Waals surface area (Å²) in [5.74, 6) is 0. The second-order valence-corrected chi connectivity index (χ2v) is 2.80. The molecule has 0 aliphatic carbocycles. The first kappa shape index (κ1) is 11.2. The van der Waals surface area contributed by atoms with Gasteiger partial charge in [-0.1, -0.05) is 50.1 Å². The average molecular weight is 165 g/mol. The van der Waals surface area contributed by atoms with Crippen LogP contribution < -0.4 is 0 Å². The first-order valence-corrected chi connectivity index (χ1v) is 4.26. The van der Waals surface area contributed by atoms with E-state index >= 15 is 0 Å². The van der Waals surface area contributed by atoms with Crippen LogP contribution in [0.4, 0.5) is 0 Å². The van der Waals surface area contributed by atoms with E-state index in [1.807, 2.05) is 0 Å². The maximum Gasteiger partial charge on any atom is -0.0279 e. The number of benzene rings is 1. The van der Waals surface area contributed by atoms with Gasteiger partial charge in [-0.2, -0.15) is 0 Å². The topological polar surface area (TPSA) is 31.5 Å². The van der Waals surface area contributed by atoms with E-state index in [1.54, 1.807) is 0 Å². The summed E-state index contributed by atoms with van der Waals surface area (Å²) in [6.07, 6.45) is 4.78. The molecule has 0 aliphatic rings. The molecule has 0 saturated heterocycles. The molecule has 67 valence electrons. The number of aryl methyl sites for hydroxylation is 1. The van der Waals surface area contributed by atoms with Crippen LogP contribution in [0, 0.1) is 6.92 Å². The van der Waals surface area contributed by atoms with Gasteiger partial charge in [-0.15, -0.1) is 0 Å². The van der Waals surface area contributed by atoms with Gasteiger partial charge in [-0.05, 0) is 18.4 Å². The number of rotatable bonds is 4. The molecule has 1 nitrogen and oxygen atoms in total. The Morgan fingerprint density at radius 3 is 2.25 bits per heavy atom. The van der Waals surface area contributed by atoms with Crippen LogP contribution in [0.2, 0.25) is 0 Å². The van der Waals surface area contributed by atoms with Crippen LogP contribution in [0.3, 0.4) is 0 Å². The molecule has 0 bridgehead atoms. The minimum atomic E-state index is 0. The molecule has 0 atom stereocenters. The molecule has 0 heterocycles. The van der Waals surface area contributed by atoms with Gasteiger partial charge < -0.3 is 5.48 Å². The van der Waals surface area contributed by atoms with Gasteiger partial charge in [0.1, 0.15) is 0 Å². The normalized spacial score (nSPS) is 9.08. The minimum absolute atomic E-state index is 0. The lowest BCUT2D eigenvalue weighted by atomic mass is 10.1. The van der Waals surface area contributed by atoms with E-state index < -0.39 is 0 Å². The summed E-state index contributed by atoms with van der Waals surface area (Å²) in [7, 11) is 0. The Kier molecular flexibility index (Phi) is 6.39. The molecule has 1 aromatic rings. The molecular formula is C11H17O. The maximum absolute atomic E-state index is 3.82. The highest BCUT2D eigenvalue weighted by Gasteiger charge is 1.89. The summed E-state index contributed by atoms with van der Waals surface area (Å²) in [6.45, 7) is 3.82. The van der Waals surface area contributed by atoms with Crippen molar-refractivity contribution < 1.29 is 5.48 Å². The van der Waals surface area contributed by atoms with E-state index in [9.17, 15) is 0 Å². The molecule has 0 saturated carbocycles. The fourth-order valence-electron chi connectivity index (χ4n) is 1.15. The lowest BCUT2D eigenvalue weighted by Gasteiger charge is -1.98. The second-order valence-electron chi connectivity index (χ2n) is 2.80. The highest BCUT2D eigenvalue weighted by Crippen LogP contribution is 2.05. The van der Waals surface area contributed by atoms with Crippen molar-refractivity contribution >= 4 is 0 Å². The summed E-state index contributed by atoms with van der Waals surface area (Å²) in [6, 6.07) is 10.6. The molecule has 1 heteroatoms. The molecule has 0 amide bonds. The van der Waals surface area contributed by atoms with Crippen molar-refractivity contribution in [3.8, 4) is 0 Å². The lowest BCUT2D eigenvalue weighted by Crippen LogP contribution is -1.83. The van der Waals surface area contributed by atoms with Crippen molar-refractivity contribution in [1.82, 2.24) is 0 Å². The molecule has 0 fully saturated rings. The molecule has 0 unspecified atom stereocenters. The maximum atomic E-state index is 3.82. The van der Waals surface area contributed by atoms with Crippen LogP contribution in [-0.4, -0.2) is 5.48 Å². The molecule has 0 spiro atoms. The van der Waals surface area contributed by atoms with Gasteiger partial charge in [0.15, 0.2) is 0 Å². The zero-order chi connectivity index (χ0) is 7.94. The van der Waals surface area contributed by atoms with Crippen LogP contribution in [-0.2, 0) is 6.42 Å². The SMILES string of the molecule is O.[CH2]CCCCc1ccccc1. The Labute approximate surface area is 74.7 Å². The summed E-state index contributed by atoms with van der Waals surface area (Å²) in [5, 5.41) is 0. The minimum Gasteiger partial charge on any atom is -0.412 e. The lowest BCUT2D eigenvalue weighted by molar-refractivity contribution is 0.746. The Morgan fingerprint density at radius 2 is 1.67 bits per heavy atom. The van der Waals surface area contributed by atoms with Crippen LogP contribution in [0.15, 0.2) is 30.3 Å². The van der Waals surface area contributed by atoms with E-state index in [0.29, 0.717) is 0 Å². The molecule has 1 rings (SSSR count). The van der Waals surface area contributed by atoms with E-state index in [2.05, 4.69) is 37.3 Å². The first-order chi connectivity index (χ1) is 5.43. The van der Waals surface area contributed by atoms with Crippen LogP contribution >= 0.6 is 0 Å². The standard InChI is InChI=1S/C11H15.H2O/c1-2-3-5-8-11-9-6-4-7-10-11;/h4,6-7,9-10H,1-3,5,8H2;1H2. The van der Waals surface area contributed by atoms with Gasteiger partial charge in [0, 0.05) is 0 Å². The summed E-state index contributed by atoms with van der Waals surface area (Å²) < 4.78 is 0. The van der Waals surface area contributed by atoms with Crippen LogP contribution in [0.25, 0.3) is 0 Å². The third-order valence-electron chi connectivity index (χ3n) is 1.81. The molecule has 12 heavy (non-hydrogen) atoms. The molecule has 0 aromatic heterocycles. The fraction of sp³-hybridized carbons (Fsp3) is 0.364. The average Bonchev–Trinajstić information content (AvgIpc) is 2.07. The molecule has 2 N–H and O–H groups in total. The van der Waals surface area contributed by atoms with Crippen molar-refractivity contribution in [3.63, 3.8) is 0 Å². The van der Waals surface area contributed by atoms with E-state index in [-0.39, 0.29) is 5.48 Å². The third kappa shape index (κ3) is 4.14. The van der Waals surface area contributed by atoms with Gasteiger partial charge >= 0.3 is 0 Å². The predicted octanol–water partition coefficient (Wildman–Crippen LogP) is 2.41. The van der Waals surface area contributed by atoms with E-state index in [4.69, 9.17) is 0 Å². The monoisotopic (exact) mass is 165 g/mol. The van der Waals surface area contributed by atoms with E-state index in [1.165, 1.54) is 24.8 Å². The Balaban J connectivity index is 0.00000121. The highest BCUT2D eigenvalue weighted by molar-refractivity contribution is 5.14. The molecule has 0 aliphatic heterocycles. The van der Waals surface area contributed by atoms with Gasteiger partial charge in [0.05, 0.1) is 0 Å². The fourth-order valence-corrected chi connectivity index (χ4v) is 1.15. The Morgan fingerprint density at radius 1 is 1.00 bits per heavy atom. The second kappa shape index (κ2) is 6.86. The zero-order valence-electron chi connectivity index (χ0n) is 7.42. The Hall–Kier alpha value is -0.820. The highest BCUT2D eigenvalue weighted by atomic mass is 16.0. The van der Waals surface area contributed by atoms with Gasteiger partial charge in [-0.3, -0.25) is 0 Å². The van der Waals surface area contributed by atoms with Gasteiger partial charge in [0.25, 0.3) is 0 Å². The van der Waals surface area contributed by atoms with Crippen LogP contribution in [0.5, 0.6) is 0 Å². The third-order valence-corrected chi connectivity index (χ3v) is 1.81. The summed E-state index contributed by atoms with van der Waals surface area (Å²) >= 11 is 0. The van der Waals surface area contributed by atoms with E-state index in [0.717, 1.165) is 6.42 Å². The van der Waals surface area contributed by atoms with Crippen molar-refractivity contribution in [2.45, 2.75) is 25.7 Å². The summed E-state index contributed by atoms with van der Waals surface area (Å²) in [4.78, 5) is 0. The largest absolute Gasteiger partial charge is 0.412 e. The number of unbranched alkanes of at least 4 members (excludes halogenated alkanes) is 2. The first-order valence-electron chi connectivity index (χ1n) is 4.26. The molecular weight excluding hydrogens is 148 g/mol. The van der Waals surface area contributed by atoms with Gasteiger partial charge in [-0.25, -0.2) is 0 Å². The molecule has 1 radical (unpaired) electrons. The predicted molar refractivity (Wildman–Crippen MR) is 53.0 cm³/mol. The zero-order valence-corrected chi connectivity index (χ0v) is 7.42. The van der Waals surface area contributed by atoms with Crippen molar-refractivity contribution in [2.24, 2.45) is 0 Å². The quantitative estimate of drug-likeness (QED) is 0.614. The number of hydrogen-bond donors (Lipinski definition) is 0. The van der Waals surface area contributed by atoms with Crippen molar-refractivity contribution in [3.05, 3.63) is 42.8 Å². The van der Waals surface area contributed by atoms with Crippen molar-refractivity contribution in [1.29, 1.82) is 0 Å². The van der Waals surface area contributed by atoms with Crippen molar-refractivity contribution in [2.75, 3.05) is 0 Å². The van der Waals surface area contributed by atoms with Gasteiger partial charge in [0.2, 0.25) is 0 Å². The smallest absolute Gasteiger partial charge is 0.0279 e. The summed E-state index contributed by atoms with van der Waals surface area (Å²) in [5.41, 5.74) is 1.45.